The predicted octanol–water partition coefficient (Wildman–Crippen LogP) is 3.66. The number of benzene rings is 1. The fraction of sp³-hybridized carbons (Fsp3) is 0.368. The Morgan fingerprint density at radius 3 is 2.56 bits per heavy atom. The van der Waals surface area contributed by atoms with E-state index in [4.69, 9.17) is 4.43 Å². The smallest absolute Gasteiger partial charge is 0.331 e. The molecule has 6 heteroatoms. The van der Waals surface area contributed by atoms with Crippen LogP contribution in [-0.4, -0.2) is 29.5 Å². The van der Waals surface area contributed by atoms with E-state index in [1.807, 2.05) is 24.3 Å². The maximum absolute atomic E-state index is 9.59. The summed E-state index contributed by atoms with van der Waals surface area (Å²) in [6.45, 7) is 10.9. The van der Waals surface area contributed by atoms with Gasteiger partial charge in [-0.25, -0.2) is 9.50 Å². The molecule has 0 saturated heterocycles. The van der Waals surface area contributed by atoms with Crippen molar-refractivity contribution in [3.8, 4) is 17.3 Å². The molecule has 0 spiro atoms. The molecule has 0 fully saturated rings. The molecule has 0 bridgehead atoms. The molecule has 0 unspecified atom stereocenters. The first kappa shape index (κ1) is 17.6. The molecule has 132 valence electrons. The second kappa shape index (κ2) is 6.27. The molecule has 0 amide bonds. The average molecular weight is 356 g/mol. The molecule has 1 N–H and O–H groups in total. The third-order valence-corrected chi connectivity index (χ3v) is 5.84. The fourth-order valence-corrected chi connectivity index (χ4v) is 3.61. The van der Waals surface area contributed by atoms with Crippen LogP contribution in [0.15, 0.2) is 42.6 Å². The van der Waals surface area contributed by atoms with Crippen LogP contribution in [0.2, 0.25) is 5.04 Å². The summed E-state index contributed by atoms with van der Waals surface area (Å²) in [5, 5.41) is 14.0. The summed E-state index contributed by atoms with van der Waals surface area (Å²) in [5.74, 6) is 0. The molecule has 5 nitrogen and oxygen atoms in total. The average Bonchev–Trinajstić information content (AvgIpc) is 2.95. The Kier molecular flexibility index (Phi) is 4.43. The maximum atomic E-state index is 9.59. The van der Waals surface area contributed by atoms with Crippen LogP contribution in [0.3, 0.4) is 0 Å². The number of rotatable bonds is 4. The van der Waals surface area contributed by atoms with E-state index in [1.165, 1.54) is 0 Å². The van der Waals surface area contributed by atoms with Gasteiger partial charge in [0.05, 0.1) is 23.0 Å². The lowest BCUT2D eigenvalue weighted by atomic mass is 9.96. The van der Waals surface area contributed by atoms with Crippen LogP contribution in [-0.2, 0) is 10.0 Å². The maximum Gasteiger partial charge on any atom is 0.331 e. The Hall–Kier alpha value is -2.18. The minimum Gasteiger partial charge on any atom is -0.478 e. The summed E-state index contributed by atoms with van der Waals surface area (Å²) in [4.78, 5) is 3.83. The van der Waals surface area contributed by atoms with Crippen molar-refractivity contribution < 1.29 is 9.53 Å². The monoisotopic (exact) mass is 355 g/mol. The SMILES string of the molecule is CC(C)(C)[SiH2]OC(C)(C)c1cccc(-c2ccc3cnc(O)nn23)c1. The number of aromatic nitrogens is 3. The zero-order valence-corrected chi connectivity index (χ0v) is 16.9. The van der Waals surface area contributed by atoms with Crippen molar-refractivity contribution in [3.05, 3.63) is 48.2 Å². The summed E-state index contributed by atoms with van der Waals surface area (Å²) in [6.07, 6.45) is 1.61. The zero-order chi connectivity index (χ0) is 18.2. The minimum atomic E-state index is -0.661. The molecule has 25 heavy (non-hydrogen) atoms. The first-order valence-electron chi connectivity index (χ1n) is 8.44. The number of hydrogen-bond acceptors (Lipinski definition) is 4. The van der Waals surface area contributed by atoms with Gasteiger partial charge in [0.2, 0.25) is 0 Å². The van der Waals surface area contributed by atoms with Crippen molar-refractivity contribution in [3.63, 3.8) is 0 Å². The van der Waals surface area contributed by atoms with E-state index in [2.05, 4.69) is 56.8 Å². The highest BCUT2D eigenvalue weighted by atomic mass is 28.2. The van der Waals surface area contributed by atoms with Crippen molar-refractivity contribution in [2.45, 2.75) is 45.3 Å². The van der Waals surface area contributed by atoms with E-state index in [9.17, 15) is 5.11 Å². The predicted molar refractivity (Wildman–Crippen MR) is 102 cm³/mol. The van der Waals surface area contributed by atoms with Gasteiger partial charge in [0.1, 0.15) is 0 Å². The molecular weight excluding hydrogens is 330 g/mol. The number of hydrogen-bond donors (Lipinski definition) is 1. The first-order chi connectivity index (χ1) is 11.7. The van der Waals surface area contributed by atoms with Crippen LogP contribution in [0.4, 0.5) is 0 Å². The largest absolute Gasteiger partial charge is 0.478 e. The highest BCUT2D eigenvalue weighted by molar-refractivity contribution is 6.31. The Morgan fingerprint density at radius 1 is 1.08 bits per heavy atom. The Bertz CT molecular complexity index is 897. The second-order valence-corrected chi connectivity index (χ2v) is 10.8. The van der Waals surface area contributed by atoms with Gasteiger partial charge in [0.25, 0.3) is 0 Å². The molecule has 2 heterocycles. The van der Waals surface area contributed by atoms with Gasteiger partial charge in [-0.05, 0) is 42.6 Å². The van der Waals surface area contributed by atoms with Gasteiger partial charge in [-0.15, -0.1) is 5.10 Å². The molecule has 3 aromatic rings. The summed E-state index contributed by atoms with van der Waals surface area (Å²) < 4.78 is 8.03. The molecule has 0 aliphatic heterocycles. The van der Waals surface area contributed by atoms with E-state index in [1.54, 1.807) is 10.7 Å². The molecule has 0 saturated carbocycles. The fourth-order valence-electron chi connectivity index (χ4n) is 2.64. The Balaban J connectivity index is 1.97. The highest BCUT2D eigenvalue weighted by Gasteiger charge is 2.25. The van der Waals surface area contributed by atoms with Gasteiger partial charge >= 0.3 is 6.01 Å². The Morgan fingerprint density at radius 2 is 1.84 bits per heavy atom. The van der Waals surface area contributed by atoms with E-state index >= 15 is 0 Å². The van der Waals surface area contributed by atoms with Crippen LogP contribution in [0, 0.1) is 0 Å². The highest BCUT2D eigenvalue weighted by Crippen LogP contribution is 2.32. The molecule has 0 radical (unpaired) electrons. The molecule has 1 aromatic carbocycles. The van der Waals surface area contributed by atoms with Gasteiger partial charge in [-0.2, -0.15) is 0 Å². The lowest BCUT2D eigenvalue weighted by Crippen LogP contribution is -2.27. The van der Waals surface area contributed by atoms with Crippen molar-refractivity contribution in [2.75, 3.05) is 0 Å². The molecule has 0 aliphatic carbocycles. The van der Waals surface area contributed by atoms with Crippen LogP contribution in [0.5, 0.6) is 6.01 Å². The van der Waals surface area contributed by atoms with Crippen LogP contribution < -0.4 is 0 Å². The summed E-state index contributed by atoms with van der Waals surface area (Å²) >= 11 is 0. The van der Waals surface area contributed by atoms with E-state index in [0.29, 0.717) is 0 Å². The zero-order valence-electron chi connectivity index (χ0n) is 15.4. The first-order valence-corrected chi connectivity index (χ1v) is 9.73. The van der Waals surface area contributed by atoms with Gasteiger partial charge < -0.3 is 9.53 Å². The topological polar surface area (TPSA) is 59.7 Å². The number of aromatic hydroxyl groups is 1. The minimum absolute atomic E-state index is 0.235. The quantitative estimate of drug-likeness (QED) is 0.726. The lowest BCUT2D eigenvalue weighted by Gasteiger charge is -2.30. The number of fused-ring (bicyclic) bond motifs is 1. The second-order valence-electron chi connectivity index (χ2n) is 8.05. The summed E-state index contributed by atoms with van der Waals surface area (Å²) in [6, 6.07) is 12.0. The molecule has 2 aromatic heterocycles. The van der Waals surface area contributed by atoms with E-state index in [-0.39, 0.29) is 16.6 Å². The van der Waals surface area contributed by atoms with Crippen LogP contribution in [0.25, 0.3) is 16.8 Å². The third-order valence-electron chi connectivity index (χ3n) is 4.11. The van der Waals surface area contributed by atoms with Crippen LogP contribution in [0.1, 0.15) is 40.2 Å². The normalized spacial score (nSPS) is 13.2. The lowest BCUT2D eigenvalue weighted by molar-refractivity contribution is 0.109. The molecule has 0 atom stereocenters. The van der Waals surface area contributed by atoms with Gasteiger partial charge in [0.15, 0.2) is 9.76 Å². The summed E-state index contributed by atoms with van der Waals surface area (Å²) in [7, 11) is -0.661. The van der Waals surface area contributed by atoms with Crippen molar-refractivity contribution >= 4 is 15.3 Å². The van der Waals surface area contributed by atoms with E-state index < -0.39 is 9.76 Å². The van der Waals surface area contributed by atoms with Crippen molar-refractivity contribution in [1.29, 1.82) is 0 Å². The van der Waals surface area contributed by atoms with E-state index in [0.717, 1.165) is 22.3 Å². The molecule has 3 rings (SSSR count). The van der Waals surface area contributed by atoms with Crippen LogP contribution >= 0.6 is 0 Å². The Labute approximate surface area is 150 Å². The van der Waals surface area contributed by atoms with Gasteiger partial charge in [-0.3, -0.25) is 0 Å². The number of nitrogens with zero attached hydrogens (tertiary/aromatic N) is 3. The molecular formula is C19H25N3O2Si. The standard InChI is InChI=1S/C19H25N3O2Si/c1-18(2,3)25-24-19(4,5)14-8-6-7-13(11-14)16-10-9-15-12-20-17(23)21-22(15)16/h6-12H,25H2,1-5H3,(H,21,23). The van der Waals surface area contributed by atoms with Crippen molar-refractivity contribution in [2.24, 2.45) is 0 Å². The summed E-state index contributed by atoms with van der Waals surface area (Å²) in [5.41, 5.74) is 3.59. The third kappa shape index (κ3) is 3.91. The van der Waals surface area contributed by atoms with Crippen molar-refractivity contribution in [1.82, 2.24) is 14.6 Å². The van der Waals surface area contributed by atoms with Gasteiger partial charge in [-0.1, -0.05) is 39.0 Å². The van der Waals surface area contributed by atoms with Gasteiger partial charge in [0, 0.05) is 5.56 Å². The molecule has 0 aliphatic rings.